The quantitative estimate of drug-likeness (QED) is 0.443. The van der Waals surface area contributed by atoms with E-state index in [-0.39, 0.29) is 0 Å². The average Bonchev–Trinajstić information content (AvgIpc) is 1.72. The van der Waals surface area contributed by atoms with E-state index in [4.69, 9.17) is 0 Å². The third-order valence-corrected chi connectivity index (χ3v) is 1.02. The zero-order valence-corrected chi connectivity index (χ0v) is 3.26. The van der Waals surface area contributed by atoms with E-state index in [1.807, 2.05) is 16.9 Å². The van der Waals surface area contributed by atoms with E-state index >= 15 is 0 Å². The molecular weight excluding hydrogens is 76.1 g/mol. The van der Waals surface area contributed by atoms with Crippen LogP contribution in [0, 0.1) is 0 Å². The van der Waals surface area contributed by atoms with Gasteiger partial charge in [-0.15, -0.1) is 0 Å². The summed E-state index contributed by atoms with van der Waals surface area (Å²) in [5.74, 6) is 0. The van der Waals surface area contributed by atoms with Crippen molar-refractivity contribution in [1.82, 2.24) is 9.78 Å². The first-order valence-electron chi connectivity index (χ1n) is 1.97. The molecule has 0 fully saturated rings. The molecule has 0 N–H and O–H groups in total. The van der Waals surface area contributed by atoms with Crippen LogP contribution >= 0.6 is 0 Å². The molecule has 30 valence electrons. The van der Waals surface area contributed by atoms with Crippen LogP contribution in [-0.2, 0) is 6.54 Å². The lowest BCUT2D eigenvalue weighted by Crippen LogP contribution is -2.08. The smallest absolute Gasteiger partial charge is 0.0849 e. The highest BCUT2D eigenvalue weighted by atomic mass is 15.3. The Morgan fingerprint density at radius 3 is 2.83 bits per heavy atom. The molecule has 0 radical (unpaired) electrons. The summed E-state index contributed by atoms with van der Waals surface area (Å²) in [5, 5.41) is 3.97. The Labute approximate surface area is 35.4 Å². The van der Waals surface area contributed by atoms with Crippen molar-refractivity contribution in [3.63, 3.8) is 0 Å². The fourth-order valence-corrected chi connectivity index (χ4v) is 0.664. The van der Waals surface area contributed by atoms with E-state index in [1.165, 1.54) is 5.69 Å². The fraction of sp³-hybridized carbons (Fsp3) is 0.250. The Balaban J connectivity index is 2.95. The Kier molecular flexibility index (Phi) is 0.204. The second kappa shape index (κ2) is 0.511. The largest absolute Gasteiger partial charge is 0.266 e. The van der Waals surface area contributed by atoms with Crippen LogP contribution in [0.4, 0.5) is 0 Å². The molecule has 3 rings (SSSR count). The minimum absolute atomic E-state index is 1.06. The third-order valence-electron chi connectivity index (χ3n) is 1.02. The summed E-state index contributed by atoms with van der Waals surface area (Å²) in [6.07, 6.45) is 1.98. The van der Waals surface area contributed by atoms with Gasteiger partial charge in [0.15, 0.2) is 0 Å². The predicted octanol–water partition coefficient (Wildman–Crippen LogP) is 0.245. The SMILES string of the molecule is c1cn2nc1C2. The molecule has 2 nitrogen and oxygen atoms in total. The first-order valence-corrected chi connectivity index (χ1v) is 1.97. The number of rotatable bonds is 0. The lowest BCUT2D eigenvalue weighted by molar-refractivity contribution is 0.580. The molecule has 0 amide bonds. The number of hydrogen-bond donors (Lipinski definition) is 0. The minimum Gasteiger partial charge on any atom is -0.266 e. The maximum atomic E-state index is 3.97. The van der Waals surface area contributed by atoms with Crippen LogP contribution < -0.4 is 0 Å². The predicted molar refractivity (Wildman–Crippen MR) is 21.3 cm³/mol. The molecule has 2 heteroatoms. The monoisotopic (exact) mass is 80.0 g/mol. The Hall–Kier alpha value is -0.790. The van der Waals surface area contributed by atoms with Crippen molar-refractivity contribution in [2.75, 3.05) is 0 Å². The van der Waals surface area contributed by atoms with E-state index in [1.54, 1.807) is 0 Å². The van der Waals surface area contributed by atoms with Gasteiger partial charge in [0.05, 0.1) is 12.2 Å². The van der Waals surface area contributed by atoms with Crippen molar-refractivity contribution in [1.29, 1.82) is 0 Å². The molecular formula is C4H4N2. The van der Waals surface area contributed by atoms with E-state index in [2.05, 4.69) is 5.10 Å². The molecule has 1 aromatic rings. The van der Waals surface area contributed by atoms with Crippen molar-refractivity contribution in [3.05, 3.63) is 18.0 Å². The van der Waals surface area contributed by atoms with Gasteiger partial charge in [-0.3, -0.25) is 4.68 Å². The van der Waals surface area contributed by atoms with Gasteiger partial charge in [-0.05, 0) is 6.07 Å². The molecule has 0 atom stereocenters. The normalized spacial score (nSPS) is 14.0. The summed E-state index contributed by atoms with van der Waals surface area (Å²) in [6.45, 7) is 1.06. The molecule has 2 aliphatic rings. The van der Waals surface area contributed by atoms with Crippen molar-refractivity contribution >= 4 is 0 Å². The summed E-state index contributed by atoms with van der Waals surface area (Å²) in [7, 11) is 0. The highest BCUT2D eigenvalue weighted by Crippen LogP contribution is 2.06. The first-order chi connectivity index (χ1) is 2.95. The molecule has 1 aromatic heterocycles. The zero-order chi connectivity index (χ0) is 3.98. The van der Waals surface area contributed by atoms with Gasteiger partial charge >= 0.3 is 0 Å². The standard InChI is InChI=1S/C4H4N2/c1-2-6-3-4(1)5-6/h1-2H,3H2. The maximum absolute atomic E-state index is 3.97. The van der Waals surface area contributed by atoms with Gasteiger partial charge in [0, 0.05) is 6.20 Å². The molecule has 6 heavy (non-hydrogen) atoms. The van der Waals surface area contributed by atoms with E-state index in [0.29, 0.717) is 0 Å². The van der Waals surface area contributed by atoms with Crippen LogP contribution in [0.5, 0.6) is 0 Å². The molecule has 0 unspecified atom stereocenters. The molecule has 3 heterocycles. The van der Waals surface area contributed by atoms with Gasteiger partial charge < -0.3 is 0 Å². The van der Waals surface area contributed by atoms with E-state index in [0.717, 1.165) is 6.54 Å². The van der Waals surface area contributed by atoms with E-state index < -0.39 is 0 Å². The number of fused-ring (bicyclic) bond motifs is 1. The fourth-order valence-electron chi connectivity index (χ4n) is 0.664. The number of hydrogen-bond acceptors (Lipinski definition) is 1. The van der Waals surface area contributed by atoms with Gasteiger partial charge in [-0.25, -0.2) is 0 Å². The lowest BCUT2D eigenvalue weighted by Gasteiger charge is -2.02. The highest BCUT2D eigenvalue weighted by molar-refractivity contribution is 5.06. The van der Waals surface area contributed by atoms with Crippen LogP contribution in [0.3, 0.4) is 0 Å². The van der Waals surface area contributed by atoms with Gasteiger partial charge in [0.1, 0.15) is 0 Å². The Morgan fingerprint density at radius 2 is 2.67 bits per heavy atom. The lowest BCUT2D eigenvalue weighted by atomic mass is 10.5. The Morgan fingerprint density at radius 1 is 1.83 bits per heavy atom. The van der Waals surface area contributed by atoms with Crippen molar-refractivity contribution in [3.8, 4) is 0 Å². The molecule has 0 aromatic carbocycles. The van der Waals surface area contributed by atoms with Gasteiger partial charge in [0.2, 0.25) is 0 Å². The van der Waals surface area contributed by atoms with Crippen LogP contribution in [-0.4, -0.2) is 9.78 Å². The van der Waals surface area contributed by atoms with Crippen LogP contribution in [0.15, 0.2) is 12.3 Å². The van der Waals surface area contributed by atoms with Crippen molar-refractivity contribution in [2.24, 2.45) is 0 Å². The minimum atomic E-state index is 1.06. The average molecular weight is 80.1 g/mol. The van der Waals surface area contributed by atoms with Gasteiger partial charge in [0.25, 0.3) is 0 Å². The van der Waals surface area contributed by atoms with Crippen LogP contribution in [0.1, 0.15) is 5.69 Å². The van der Waals surface area contributed by atoms with Crippen LogP contribution in [0.2, 0.25) is 0 Å². The van der Waals surface area contributed by atoms with Crippen molar-refractivity contribution in [2.45, 2.75) is 6.54 Å². The van der Waals surface area contributed by atoms with Gasteiger partial charge in [-0.1, -0.05) is 0 Å². The third kappa shape index (κ3) is 0.105. The molecule has 0 saturated heterocycles. The molecule has 2 bridgehead atoms. The van der Waals surface area contributed by atoms with Crippen molar-refractivity contribution < 1.29 is 0 Å². The van der Waals surface area contributed by atoms with E-state index in [9.17, 15) is 0 Å². The zero-order valence-electron chi connectivity index (χ0n) is 3.26. The number of nitrogens with zero attached hydrogens (tertiary/aromatic N) is 2. The number of aromatic nitrogens is 2. The summed E-state index contributed by atoms with van der Waals surface area (Å²) in [4.78, 5) is 0. The summed E-state index contributed by atoms with van der Waals surface area (Å²) in [6, 6.07) is 2.03. The topological polar surface area (TPSA) is 17.8 Å². The summed E-state index contributed by atoms with van der Waals surface area (Å²) < 4.78 is 1.91. The van der Waals surface area contributed by atoms with Crippen LogP contribution in [0.25, 0.3) is 0 Å². The Bertz CT molecular complexity index is 142. The highest BCUT2D eigenvalue weighted by Gasteiger charge is 2.07. The maximum Gasteiger partial charge on any atom is 0.0849 e. The summed E-state index contributed by atoms with van der Waals surface area (Å²) in [5.41, 5.74) is 1.22. The molecule has 2 aliphatic heterocycles. The molecule has 0 spiro atoms. The van der Waals surface area contributed by atoms with Gasteiger partial charge in [-0.2, -0.15) is 5.10 Å². The first kappa shape index (κ1) is 2.39. The molecule has 0 aliphatic carbocycles. The molecule has 0 saturated carbocycles. The summed E-state index contributed by atoms with van der Waals surface area (Å²) >= 11 is 0. The second-order valence-corrected chi connectivity index (χ2v) is 1.50. The second-order valence-electron chi connectivity index (χ2n) is 1.50.